The van der Waals surface area contributed by atoms with Gasteiger partial charge in [-0.2, -0.15) is 5.26 Å². The number of nitrogens with zero attached hydrogens (tertiary/aromatic N) is 4. The summed E-state index contributed by atoms with van der Waals surface area (Å²) in [5, 5.41) is 9.64. The first-order valence-electron chi connectivity index (χ1n) is 10.3. The molecular weight excluding hydrogens is 462 g/mol. The fourth-order valence-corrected chi connectivity index (χ4v) is 6.05. The average molecular weight is 486 g/mol. The van der Waals surface area contributed by atoms with Crippen molar-refractivity contribution in [3.8, 4) is 16.8 Å². The number of morpholine rings is 1. The molecule has 0 unspecified atom stereocenters. The van der Waals surface area contributed by atoms with Gasteiger partial charge in [-0.15, -0.1) is 11.3 Å². The Bertz CT molecular complexity index is 1360. The molecule has 1 aliphatic heterocycles. The van der Waals surface area contributed by atoms with Gasteiger partial charge in [0.2, 0.25) is 0 Å². The minimum atomic E-state index is -3.91. The van der Waals surface area contributed by atoms with E-state index in [0.717, 1.165) is 0 Å². The van der Waals surface area contributed by atoms with Gasteiger partial charge in [-0.1, -0.05) is 6.07 Å². The molecule has 1 fully saturated rings. The topological polar surface area (TPSA) is 117 Å². The van der Waals surface area contributed by atoms with E-state index in [2.05, 4.69) is 9.71 Å². The highest BCUT2D eigenvalue weighted by Gasteiger charge is 2.27. The predicted molar refractivity (Wildman–Crippen MR) is 125 cm³/mol. The number of hydrogen-bond acceptors (Lipinski definition) is 7. The van der Waals surface area contributed by atoms with E-state index < -0.39 is 10.0 Å². The lowest BCUT2D eigenvalue weighted by Crippen LogP contribution is -2.40. The molecule has 9 nitrogen and oxygen atoms in total. The van der Waals surface area contributed by atoms with Crippen molar-refractivity contribution < 1.29 is 17.9 Å². The Morgan fingerprint density at radius 1 is 1.24 bits per heavy atom. The van der Waals surface area contributed by atoms with E-state index in [1.54, 1.807) is 54.6 Å². The van der Waals surface area contributed by atoms with Crippen LogP contribution in [0.3, 0.4) is 0 Å². The van der Waals surface area contributed by atoms with E-state index in [9.17, 15) is 13.2 Å². The van der Waals surface area contributed by atoms with Crippen molar-refractivity contribution in [1.82, 2.24) is 14.5 Å². The Hall–Kier alpha value is -3.20. The van der Waals surface area contributed by atoms with Crippen molar-refractivity contribution in [2.75, 3.05) is 31.0 Å². The molecule has 3 heterocycles. The SMILES string of the molecule is Cc1nc(-c2cc(S(=O)(=O)Nc3cccc(C#N)c3)c(C)n2C)sc1C(=O)N1CCOCC1. The molecule has 11 heteroatoms. The lowest BCUT2D eigenvalue weighted by Gasteiger charge is -2.26. The summed E-state index contributed by atoms with van der Waals surface area (Å²) in [5.41, 5.74) is 2.41. The summed E-state index contributed by atoms with van der Waals surface area (Å²) in [6.07, 6.45) is 0. The van der Waals surface area contributed by atoms with Crippen LogP contribution in [0.2, 0.25) is 0 Å². The van der Waals surface area contributed by atoms with Gasteiger partial charge in [0.1, 0.15) is 14.8 Å². The van der Waals surface area contributed by atoms with Gasteiger partial charge in [0, 0.05) is 25.8 Å². The summed E-state index contributed by atoms with van der Waals surface area (Å²) < 4.78 is 35.8. The first-order valence-corrected chi connectivity index (χ1v) is 12.6. The van der Waals surface area contributed by atoms with Crippen LogP contribution < -0.4 is 4.72 Å². The number of amides is 1. The Labute approximate surface area is 196 Å². The molecule has 1 aliphatic rings. The zero-order valence-electron chi connectivity index (χ0n) is 18.5. The minimum Gasteiger partial charge on any atom is -0.378 e. The molecular formula is C22H23N5O4S2. The van der Waals surface area contributed by atoms with Crippen LogP contribution in [0.5, 0.6) is 0 Å². The van der Waals surface area contributed by atoms with Crippen LogP contribution in [0, 0.1) is 25.2 Å². The Kier molecular flexibility index (Phi) is 6.25. The van der Waals surface area contributed by atoms with Gasteiger partial charge in [0.15, 0.2) is 0 Å². The molecule has 1 aromatic carbocycles. The van der Waals surface area contributed by atoms with E-state index in [1.165, 1.54) is 17.4 Å². The van der Waals surface area contributed by atoms with Gasteiger partial charge >= 0.3 is 0 Å². The van der Waals surface area contributed by atoms with Crippen LogP contribution in [0.1, 0.15) is 26.6 Å². The number of aromatic nitrogens is 2. The van der Waals surface area contributed by atoms with E-state index in [1.807, 2.05) is 6.07 Å². The largest absolute Gasteiger partial charge is 0.378 e. The van der Waals surface area contributed by atoms with Gasteiger partial charge in [0.05, 0.1) is 41.9 Å². The third-order valence-corrected chi connectivity index (χ3v) is 8.20. The molecule has 0 radical (unpaired) electrons. The summed E-state index contributed by atoms with van der Waals surface area (Å²) in [7, 11) is -2.14. The summed E-state index contributed by atoms with van der Waals surface area (Å²) in [6, 6.07) is 9.84. The molecule has 1 saturated heterocycles. The Morgan fingerprint density at radius 2 is 1.97 bits per heavy atom. The van der Waals surface area contributed by atoms with Crippen molar-refractivity contribution in [3.63, 3.8) is 0 Å². The molecule has 1 N–H and O–H groups in total. The first-order chi connectivity index (χ1) is 15.7. The molecule has 33 heavy (non-hydrogen) atoms. The first kappa shape index (κ1) is 23.0. The van der Waals surface area contributed by atoms with Crippen LogP contribution in [-0.2, 0) is 21.8 Å². The van der Waals surface area contributed by atoms with Crippen LogP contribution >= 0.6 is 11.3 Å². The molecule has 0 aliphatic carbocycles. The van der Waals surface area contributed by atoms with Crippen molar-refractivity contribution in [2.45, 2.75) is 18.7 Å². The second-order valence-corrected chi connectivity index (χ2v) is 10.3. The number of sulfonamides is 1. The zero-order chi connectivity index (χ0) is 23.8. The number of aryl methyl sites for hydroxylation is 1. The van der Waals surface area contributed by atoms with Gasteiger partial charge in [-0.25, -0.2) is 13.4 Å². The van der Waals surface area contributed by atoms with Crippen LogP contribution in [0.4, 0.5) is 5.69 Å². The summed E-state index contributed by atoms with van der Waals surface area (Å²) in [5.74, 6) is -0.0858. The third kappa shape index (κ3) is 4.50. The molecule has 1 amide bonds. The number of carbonyl (C=O) groups is 1. The van der Waals surface area contributed by atoms with Crippen molar-refractivity contribution in [1.29, 1.82) is 5.26 Å². The monoisotopic (exact) mass is 485 g/mol. The van der Waals surface area contributed by atoms with E-state index in [4.69, 9.17) is 10.00 Å². The van der Waals surface area contributed by atoms with Gasteiger partial charge in [-0.05, 0) is 38.1 Å². The number of carbonyl (C=O) groups excluding carboxylic acids is 1. The Balaban J connectivity index is 1.66. The van der Waals surface area contributed by atoms with Gasteiger partial charge < -0.3 is 14.2 Å². The van der Waals surface area contributed by atoms with E-state index in [0.29, 0.717) is 64.5 Å². The minimum absolute atomic E-state index is 0.0858. The fraction of sp³-hybridized carbons (Fsp3) is 0.318. The van der Waals surface area contributed by atoms with Crippen LogP contribution in [-0.4, -0.2) is 55.1 Å². The smallest absolute Gasteiger partial charge is 0.266 e. The second-order valence-electron chi connectivity index (χ2n) is 7.67. The number of anilines is 1. The third-order valence-electron chi connectivity index (χ3n) is 5.53. The van der Waals surface area contributed by atoms with Crippen molar-refractivity contribution in [2.24, 2.45) is 7.05 Å². The number of nitrogens with one attached hydrogen (secondary N) is 1. The molecule has 0 spiro atoms. The molecule has 172 valence electrons. The average Bonchev–Trinajstić information content (AvgIpc) is 3.33. The maximum absolute atomic E-state index is 13.1. The number of ether oxygens (including phenoxy) is 1. The van der Waals surface area contributed by atoms with E-state index in [-0.39, 0.29) is 10.8 Å². The highest BCUT2D eigenvalue weighted by molar-refractivity contribution is 7.92. The fourth-order valence-electron chi connectivity index (χ4n) is 3.63. The maximum atomic E-state index is 13.1. The number of benzene rings is 1. The van der Waals surface area contributed by atoms with Gasteiger partial charge in [0.25, 0.3) is 15.9 Å². The second kappa shape index (κ2) is 8.97. The molecule has 0 saturated carbocycles. The highest BCUT2D eigenvalue weighted by Crippen LogP contribution is 2.33. The van der Waals surface area contributed by atoms with Gasteiger partial charge in [-0.3, -0.25) is 9.52 Å². The summed E-state index contributed by atoms with van der Waals surface area (Å²) >= 11 is 1.25. The number of thiazole rings is 1. The molecule has 4 rings (SSSR count). The quantitative estimate of drug-likeness (QED) is 0.594. The van der Waals surface area contributed by atoms with E-state index >= 15 is 0 Å². The molecule has 3 aromatic rings. The van der Waals surface area contributed by atoms with Crippen LogP contribution in [0.25, 0.3) is 10.7 Å². The maximum Gasteiger partial charge on any atom is 0.266 e. The Morgan fingerprint density at radius 3 is 2.67 bits per heavy atom. The lowest BCUT2D eigenvalue weighted by molar-refractivity contribution is 0.0305. The number of hydrogen-bond donors (Lipinski definition) is 1. The predicted octanol–water partition coefficient (Wildman–Crippen LogP) is 2.91. The van der Waals surface area contributed by atoms with Crippen LogP contribution in [0.15, 0.2) is 35.2 Å². The molecule has 0 atom stereocenters. The number of nitriles is 1. The standard InChI is InChI=1S/C22H23N5O4S2/c1-14-20(22(28)27-7-9-31-10-8-27)32-21(24-14)18-12-19(15(2)26(18)3)33(29,30)25-17-6-4-5-16(11-17)13-23/h4-6,11-12,25H,7-10H2,1-3H3. The lowest BCUT2D eigenvalue weighted by atomic mass is 10.2. The molecule has 0 bridgehead atoms. The zero-order valence-corrected chi connectivity index (χ0v) is 20.1. The highest BCUT2D eigenvalue weighted by atomic mass is 32.2. The molecule has 2 aromatic heterocycles. The summed E-state index contributed by atoms with van der Waals surface area (Å²) in [6.45, 7) is 5.60. The van der Waals surface area contributed by atoms with Crippen molar-refractivity contribution >= 4 is 33.0 Å². The normalized spacial score (nSPS) is 14.2. The summed E-state index contributed by atoms with van der Waals surface area (Å²) in [4.78, 5) is 19.9. The number of rotatable bonds is 5. The van der Waals surface area contributed by atoms with Crippen molar-refractivity contribution in [3.05, 3.63) is 52.2 Å².